The van der Waals surface area contributed by atoms with E-state index in [-0.39, 0.29) is 5.78 Å². The quantitative estimate of drug-likeness (QED) is 0.704. The van der Waals surface area contributed by atoms with Crippen molar-refractivity contribution >= 4 is 5.78 Å². The summed E-state index contributed by atoms with van der Waals surface area (Å²) in [5.74, 6) is 0.545. The van der Waals surface area contributed by atoms with Crippen LogP contribution in [0.4, 0.5) is 0 Å². The standard InChI is InChI=1S/C10H17N3O2/c1-4-5-13-10(8(14)6-11-2)9(15-3)7-12-13/h7,11H,4-6H2,1-3H3. The van der Waals surface area contributed by atoms with Gasteiger partial charge < -0.3 is 10.1 Å². The van der Waals surface area contributed by atoms with E-state index in [2.05, 4.69) is 10.4 Å². The number of nitrogens with one attached hydrogen (secondary N) is 1. The first kappa shape index (κ1) is 11.7. The van der Waals surface area contributed by atoms with Crippen LogP contribution in [0, 0.1) is 0 Å². The van der Waals surface area contributed by atoms with Crippen molar-refractivity contribution < 1.29 is 9.53 Å². The number of ether oxygens (including phenoxy) is 1. The molecule has 0 saturated heterocycles. The summed E-state index contributed by atoms with van der Waals surface area (Å²) in [6, 6.07) is 0. The van der Waals surface area contributed by atoms with Gasteiger partial charge in [0, 0.05) is 6.54 Å². The lowest BCUT2D eigenvalue weighted by molar-refractivity contribution is 0.0980. The molecule has 1 aromatic heterocycles. The second-order valence-corrected chi connectivity index (χ2v) is 3.24. The van der Waals surface area contributed by atoms with Gasteiger partial charge in [0.2, 0.25) is 0 Å². The van der Waals surface area contributed by atoms with E-state index in [1.54, 1.807) is 25.0 Å². The number of rotatable bonds is 6. The molecule has 1 heterocycles. The topological polar surface area (TPSA) is 56.2 Å². The fourth-order valence-corrected chi connectivity index (χ4v) is 1.42. The van der Waals surface area contributed by atoms with Crippen LogP contribution in [0.5, 0.6) is 5.75 Å². The molecule has 0 radical (unpaired) electrons. The molecule has 0 atom stereocenters. The molecule has 0 amide bonds. The van der Waals surface area contributed by atoms with Gasteiger partial charge in [0.05, 0.1) is 19.9 Å². The average Bonchev–Trinajstić information content (AvgIpc) is 2.62. The number of methoxy groups -OCH3 is 1. The average molecular weight is 211 g/mol. The predicted octanol–water partition coefficient (Wildman–Crippen LogP) is 0.704. The van der Waals surface area contributed by atoms with Crippen LogP contribution in [-0.2, 0) is 6.54 Å². The third-order valence-corrected chi connectivity index (χ3v) is 2.06. The summed E-state index contributed by atoms with van der Waals surface area (Å²) in [6.45, 7) is 3.07. The zero-order chi connectivity index (χ0) is 11.3. The minimum absolute atomic E-state index is 0.000278. The van der Waals surface area contributed by atoms with Gasteiger partial charge >= 0.3 is 0 Å². The number of hydrogen-bond acceptors (Lipinski definition) is 4. The van der Waals surface area contributed by atoms with E-state index in [1.807, 2.05) is 6.92 Å². The monoisotopic (exact) mass is 211 g/mol. The fourth-order valence-electron chi connectivity index (χ4n) is 1.42. The smallest absolute Gasteiger partial charge is 0.198 e. The van der Waals surface area contributed by atoms with Crippen molar-refractivity contribution in [3.05, 3.63) is 11.9 Å². The van der Waals surface area contributed by atoms with Crippen molar-refractivity contribution in [2.45, 2.75) is 19.9 Å². The van der Waals surface area contributed by atoms with Crippen LogP contribution in [0.25, 0.3) is 0 Å². The molecule has 0 aliphatic rings. The molecule has 1 N–H and O–H groups in total. The number of carbonyl (C=O) groups excluding carboxylic acids is 1. The van der Waals surface area contributed by atoms with E-state index >= 15 is 0 Å². The Morgan fingerprint density at radius 1 is 1.67 bits per heavy atom. The van der Waals surface area contributed by atoms with Crippen molar-refractivity contribution in [1.82, 2.24) is 15.1 Å². The molecule has 1 aromatic rings. The van der Waals surface area contributed by atoms with Crippen LogP contribution in [-0.4, -0.2) is 36.3 Å². The SMILES string of the molecule is CCCn1ncc(OC)c1C(=O)CNC. The molecule has 1 rings (SSSR count). The first-order valence-electron chi connectivity index (χ1n) is 5.02. The van der Waals surface area contributed by atoms with E-state index in [1.165, 1.54) is 0 Å². The third-order valence-electron chi connectivity index (χ3n) is 2.06. The highest BCUT2D eigenvalue weighted by atomic mass is 16.5. The number of hydrogen-bond donors (Lipinski definition) is 1. The molecule has 5 heteroatoms. The van der Waals surface area contributed by atoms with Crippen LogP contribution in [0.1, 0.15) is 23.8 Å². The Morgan fingerprint density at radius 3 is 2.93 bits per heavy atom. The van der Waals surface area contributed by atoms with E-state index in [9.17, 15) is 4.79 Å². The first-order chi connectivity index (χ1) is 7.24. The van der Waals surface area contributed by atoms with Crippen molar-refractivity contribution in [3.63, 3.8) is 0 Å². The third kappa shape index (κ3) is 2.56. The van der Waals surface area contributed by atoms with Crippen LogP contribution in [0.3, 0.4) is 0 Å². The zero-order valence-corrected chi connectivity index (χ0v) is 9.41. The molecule has 0 aromatic carbocycles. The van der Waals surface area contributed by atoms with E-state index in [0.29, 0.717) is 18.0 Å². The highest BCUT2D eigenvalue weighted by Crippen LogP contribution is 2.18. The molecule has 5 nitrogen and oxygen atoms in total. The Morgan fingerprint density at radius 2 is 2.40 bits per heavy atom. The molecular weight excluding hydrogens is 194 g/mol. The second-order valence-electron chi connectivity index (χ2n) is 3.24. The fraction of sp³-hybridized carbons (Fsp3) is 0.600. The Kier molecular flexibility index (Phi) is 4.30. The van der Waals surface area contributed by atoms with Gasteiger partial charge in [0.1, 0.15) is 5.69 Å². The largest absolute Gasteiger partial charge is 0.493 e. The van der Waals surface area contributed by atoms with Crippen LogP contribution >= 0.6 is 0 Å². The number of aryl methyl sites for hydroxylation is 1. The molecule has 84 valence electrons. The van der Waals surface area contributed by atoms with Crippen LogP contribution in [0.15, 0.2) is 6.20 Å². The van der Waals surface area contributed by atoms with Crippen molar-refractivity contribution in [1.29, 1.82) is 0 Å². The normalized spacial score (nSPS) is 10.3. The lowest BCUT2D eigenvalue weighted by Crippen LogP contribution is -2.22. The van der Waals surface area contributed by atoms with Gasteiger partial charge in [-0.2, -0.15) is 5.10 Å². The summed E-state index contributed by atoms with van der Waals surface area (Å²) in [5.41, 5.74) is 0.550. The molecule has 15 heavy (non-hydrogen) atoms. The number of aromatic nitrogens is 2. The van der Waals surface area contributed by atoms with E-state index in [4.69, 9.17) is 4.74 Å². The maximum absolute atomic E-state index is 11.8. The summed E-state index contributed by atoms with van der Waals surface area (Å²) >= 11 is 0. The van der Waals surface area contributed by atoms with Gasteiger partial charge in [0.15, 0.2) is 11.5 Å². The van der Waals surface area contributed by atoms with Crippen LogP contribution in [0.2, 0.25) is 0 Å². The summed E-state index contributed by atoms with van der Waals surface area (Å²) in [7, 11) is 3.29. The first-order valence-corrected chi connectivity index (χ1v) is 5.02. The highest BCUT2D eigenvalue weighted by molar-refractivity contribution is 5.98. The maximum atomic E-state index is 11.8. The van der Waals surface area contributed by atoms with Gasteiger partial charge in [-0.05, 0) is 13.5 Å². The van der Waals surface area contributed by atoms with Crippen molar-refractivity contribution in [2.75, 3.05) is 20.7 Å². The number of likely N-dealkylation sites (N-methyl/N-ethyl adjacent to an activating group) is 1. The molecule has 0 unspecified atom stereocenters. The molecule has 0 spiro atoms. The molecule has 0 fully saturated rings. The minimum Gasteiger partial charge on any atom is -0.493 e. The molecule has 0 bridgehead atoms. The predicted molar refractivity (Wildman–Crippen MR) is 57.3 cm³/mol. The zero-order valence-electron chi connectivity index (χ0n) is 9.41. The molecular formula is C10H17N3O2. The minimum atomic E-state index is 0.000278. The van der Waals surface area contributed by atoms with Gasteiger partial charge in [-0.25, -0.2) is 0 Å². The van der Waals surface area contributed by atoms with Gasteiger partial charge in [0.25, 0.3) is 0 Å². The Hall–Kier alpha value is -1.36. The number of nitrogens with zero attached hydrogens (tertiary/aromatic N) is 2. The van der Waals surface area contributed by atoms with Crippen molar-refractivity contribution in [3.8, 4) is 5.75 Å². The Bertz CT molecular complexity index is 333. The van der Waals surface area contributed by atoms with Gasteiger partial charge in [-0.15, -0.1) is 0 Å². The van der Waals surface area contributed by atoms with E-state index < -0.39 is 0 Å². The number of Topliss-reactive ketones (excluding diaryl/α,β-unsaturated/α-hetero) is 1. The Balaban J connectivity index is 2.98. The van der Waals surface area contributed by atoms with Crippen LogP contribution < -0.4 is 10.1 Å². The van der Waals surface area contributed by atoms with E-state index in [0.717, 1.165) is 13.0 Å². The summed E-state index contributed by atoms with van der Waals surface area (Å²) in [6.07, 6.45) is 2.52. The van der Waals surface area contributed by atoms with Crippen molar-refractivity contribution in [2.24, 2.45) is 0 Å². The van der Waals surface area contributed by atoms with Gasteiger partial charge in [-0.1, -0.05) is 6.92 Å². The highest BCUT2D eigenvalue weighted by Gasteiger charge is 2.17. The summed E-state index contributed by atoms with van der Waals surface area (Å²) in [5, 5.41) is 6.95. The summed E-state index contributed by atoms with van der Waals surface area (Å²) < 4.78 is 6.80. The molecule has 0 aliphatic heterocycles. The second kappa shape index (κ2) is 5.50. The maximum Gasteiger partial charge on any atom is 0.198 e. The Labute approximate surface area is 89.4 Å². The number of carbonyl (C=O) groups is 1. The number of ketones is 1. The van der Waals surface area contributed by atoms with Gasteiger partial charge in [-0.3, -0.25) is 9.48 Å². The molecule has 0 aliphatic carbocycles. The lowest BCUT2D eigenvalue weighted by Gasteiger charge is -2.06. The lowest BCUT2D eigenvalue weighted by atomic mass is 10.2. The molecule has 0 saturated carbocycles. The summed E-state index contributed by atoms with van der Waals surface area (Å²) in [4.78, 5) is 11.8.